The van der Waals surface area contributed by atoms with Crippen LogP contribution in [0.2, 0.25) is 0 Å². The van der Waals surface area contributed by atoms with Gasteiger partial charge in [0.25, 0.3) is 0 Å². The van der Waals surface area contributed by atoms with Gasteiger partial charge in [0.15, 0.2) is 0 Å². The number of hydrogen-bond acceptors (Lipinski definition) is 5. The van der Waals surface area contributed by atoms with Crippen LogP contribution in [-0.2, 0) is 16.0 Å². The molecule has 1 heterocycles. The highest BCUT2D eigenvalue weighted by atomic mass is 16.6. The van der Waals surface area contributed by atoms with Crippen LogP contribution in [0.1, 0.15) is 32.8 Å². The van der Waals surface area contributed by atoms with Crippen LogP contribution in [-0.4, -0.2) is 36.7 Å². The summed E-state index contributed by atoms with van der Waals surface area (Å²) in [6.07, 6.45) is 1.93. The first kappa shape index (κ1) is 21.2. The van der Waals surface area contributed by atoms with Crippen molar-refractivity contribution in [3.63, 3.8) is 0 Å². The Morgan fingerprint density at radius 1 is 1.07 bits per heavy atom. The van der Waals surface area contributed by atoms with Crippen LogP contribution >= 0.6 is 0 Å². The lowest BCUT2D eigenvalue weighted by Gasteiger charge is -2.20. The number of nitrogens with one attached hydrogen (secondary N) is 2. The van der Waals surface area contributed by atoms with Crippen molar-refractivity contribution in [1.82, 2.24) is 4.98 Å². The smallest absolute Gasteiger partial charge is 0.412 e. The molecule has 0 bridgehead atoms. The third-order valence-corrected chi connectivity index (χ3v) is 3.81. The topological polar surface area (TPSA) is 83.6 Å². The Kier molecular flexibility index (Phi) is 6.98. The predicted octanol–water partition coefficient (Wildman–Crippen LogP) is 4.07. The van der Waals surface area contributed by atoms with Crippen molar-refractivity contribution >= 4 is 29.2 Å². The van der Waals surface area contributed by atoms with Crippen molar-refractivity contribution in [3.8, 4) is 0 Å². The number of carbonyl (C=O) groups is 2. The van der Waals surface area contributed by atoms with Crippen LogP contribution < -0.4 is 15.5 Å². The van der Waals surface area contributed by atoms with Gasteiger partial charge in [0.1, 0.15) is 11.4 Å². The van der Waals surface area contributed by atoms with Gasteiger partial charge in [-0.3, -0.25) is 10.1 Å². The molecule has 2 N–H and O–H groups in total. The summed E-state index contributed by atoms with van der Waals surface area (Å²) in [5.74, 6) is 0.368. The molecule has 0 atom stereocenters. The Morgan fingerprint density at radius 3 is 2.39 bits per heavy atom. The standard InChI is InChI=1S/C21H28N4O3/c1-21(2,3)28-20(27)23-17-9-7-6-8-15(17)10-13-19(26)24-18-12-11-16(14-22-18)25(4)5/h6-9,11-12,14H,10,13H2,1-5H3,(H,23,27)(H,22,24,26). The normalized spacial score (nSPS) is 10.9. The lowest BCUT2D eigenvalue weighted by Crippen LogP contribution is -2.27. The first-order valence-corrected chi connectivity index (χ1v) is 9.15. The molecule has 1 aromatic heterocycles. The molecule has 0 aliphatic carbocycles. The number of nitrogens with zero attached hydrogens (tertiary/aromatic N) is 2. The van der Waals surface area contributed by atoms with Crippen molar-refractivity contribution in [3.05, 3.63) is 48.2 Å². The van der Waals surface area contributed by atoms with Gasteiger partial charge < -0.3 is 15.0 Å². The Bertz CT molecular complexity index is 811. The maximum atomic E-state index is 12.3. The molecule has 2 amide bonds. The highest BCUT2D eigenvalue weighted by molar-refractivity contribution is 5.90. The second kappa shape index (κ2) is 9.21. The number of aryl methyl sites for hydroxylation is 1. The summed E-state index contributed by atoms with van der Waals surface area (Å²) in [6.45, 7) is 5.42. The molecule has 2 aromatic rings. The minimum Gasteiger partial charge on any atom is -0.444 e. The van der Waals surface area contributed by atoms with Crippen LogP contribution in [0.5, 0.6) is 0 Å². The van der Waals surface area contributed by atoms with E-state index >= 15 is 0 Å². The summed E-state index contributed by atoms with van der Waals surface area (Å²) < 4.78 is 5.29. The van der Waals surface area contributed by atoms with Gasteiger partial charge in [0, 0.05) is 26.2 Å². The molecule has 0 aliphatic heterocycles. The van der Waals surface area contributed by atoms with Crippen molar-refractivity contribution in [2.75, 3.05) is 29.6 Å². The molecule has 28 heavy (non-hydrogen) atoms. The molecule has 150 valence electrons. The fourth-order valence-electron chi connectivity index (χ4n) is 2.45. The third kappa shape index (κ3) is 6.90. The van der Waals surface area contributed by atoms with Crippen LogP contribution in [0.25, 0.3) is 0 Å². The van der Waals surface area contributed by atoms with E-state index in [4.69, 9.17) is 4.74 Å². The van der Waals surface area contributed by atoms with E-state index in [1.807, 2.05) is 64.0 Å². The van der Waals surface area contributed by atoms with Crippen LogP contribution in [0.3, 0.4) is 0 Å². The average molecular weight is 384 g/mol. The predicted molar refractivity (Wildman–Crippen MR) is 112 cm³/mol. The van der Waals surface area contributed by atoms with Gasteiger partial charge in [0.2, 0.25) is 5.91 Å². The number of hydrogen-bond donors (Lipinski definition) is 2. The van der Waals surface area contributed by atoms with E-state index in [1.54, 1.807) is 18.3 Å². The van der Waals surface area contributed by atoms with E-state index < -0.39 is 11.7 Å². The van der Waals surface area contributed by atoms with Crippen molar-refractivity contribution in [1.29, 1.82) is 0 Å². The summed E-state index contributed by atoms with van der Waals surface area (Å²) in [6, 6.07) is 11.0. The van der Waals surface area contributed by atoms with Crippen LogP contribution in [0.4, 0.5) is 22.0 Å². The molecule has 0 unspecified atom stereocenters. The number of anilines is 3. The van der Waals surface area contributed by atoms with Crippen LogP contribution in [0, 0.1) is 0 Å². The lowest BCUT2D eigenvalue weighted by atomic mass is 10.1. The summed E-state index contributed by atoms with van der Waals surface area (Å²) in [5.41, 5.74) is 1.88. The first-order chi connectivity index (χ1) is 13.1. The summed E-state index contributed by atoms with van der Waals surface area (Å²) in [7, 11) is 3.86. The molecule has 0 saturated heterocycles. The molecule has 0 saturated carbocycles. The number of ether oxygens (including phenoxy) is 1. The van der Waals surface area contributed by atoms with Crippen LogP contribution in [0.15, 0.2) is 42.6 Å². The Labute approximate surface area is 166 Å². The second-order valence-corrected chi connectivity index (χ2v) is 7.63. The van der Waals surface area contributed by atoms with Gasteiger partial charge in [0.05, 0.1) is 11.9 Å². The molecule has 7 heteroatoms. The molecule has 2 rings (SSSR count). The van der Waals surface area contributed by atoms with Crippen molar-refractivity contribution in [2.45, 2.75) is 39.2 Å². The van der Waals surface area contributed by atoms with E-state index in [0.29, 0.717) is 17.9 Å². The van der Waals surface area contributed by atoms with Gasteiger partial charge >= 0.3 is 6.09 Å². The zero-order valence-electron chi connectivity index (χ0n) is 17.1. The average Bonchev–Trinajstić information content (AvgIpc) is 2.60. The molecule has 1 aromatic carbocycles. The maximum absolute atomic E-state index is 12.3. The fourth-order valence-corrected chi connectivity index (χ4v) is 2.45. The van der Waals surface area contributed by atoms with E-state index in [2.05, 4.69) is 15.6 Å². The number of pyridine rings is 1. The van der Waals surface area contributed by atoms with Crippen molar-refractivity contribution < 1.29 is 14.3 Å². The van der Waals surface area contributed by atoms with Crippen molar-refractivity contribution in [2.24, 2.45) is 0 Å². The Balaban J connectivity index is 1.93. The Hall–Kier alpha value is -3.09. The second-order valence-electron chi connectivity index (χ2n) is 7.63. The summed E-state index contributed by atoms with van der Waals surface area (Å²) >= 11 is 0. The minimum absolute atomic E-state index is 0.142. The van der Waals surface area contributed by atoms with E-state index in [1.165, 1.54) is 0 Å². The van der Waals surface area contributed by atoms with Gasteiger partial charge in [-0.1, -0.05) is 18.2 Å². The molecule has 0 spiro atoms. The highest BCUT2D eigenvalue weighted by Crippen LogP contribution is 2.19. The number of amides is 2. The quantitative estimate of drug-likeness (QED) is 0.784. The lowest BCUT2D eigenvalue weighted by molar-refractivity contribution is -0.116. The number of carbonyl (C=O) groups excluding carboxylic acids is 2. The minimum atomic E-state index is -0.575. The number of rotatable bonds is 6. The number of aromatic nitrogens is 1. The zero-order valence-corrected chi connectivity index (χ0v) is 17.1. The largest absolute Gasteiger partial charge is 0.444 e. The molecular formula is C21H28N4O3. The fraction of sp³-hybridized carbons (Fsp3) is 0.381. The SMILES string of the molecule is CN(C)c1ccc(NC(=O)CCc2ccccc2NC(=O)OC(C)(C)C)nc1. The van der Waals surface area contributed by atoms with E-state index in [-0.39, 0.29) is 12.3 Å². The molecule has 0 fully saturated rings. The van der Waals surface area contributed by atoms with E-state index in [0.717, 1.165) is 11.3 Å². The van der Waals surface area contributed by atoms with Gasteiger partial charge in [-0.05, 0) is 51.0 Å². The van der Waals surface area contributed by atoms with Gasteiger partial charge in [-0.15, -0.1) is 0 Å². The summed E-state index contributed by atoms with van der Waals surface area (Å²) in [4.78, 5) is 30.4. The summed E-state index contributed by atoms with van der Waals surface area (Å²) in [5, 5.41) is 5.54. The molecule has 0 radical (unpaired) electrons. The highest BCUT2D eigenvalue weighted by Gasteiger charge is 2.17. The van der Waals surface area contributed by atoms with Gasteiger partial charge in [-0.2, -0.15) is 0 Å². The first-order valence-electron chi connectivity index (χ1n) is 9.15. The monoisotopic (exact) mass is 384 g/mol. The Morgan fingerprint density at radius 2 is 1.79 bits per heavy atom. The molecule has 0 aliphatic rings. The van der Waals surface area contributed by atoms with E-state index in [9.17, 15) is 9.59 Å². The molecule has 7 nitrogen and oxygen atoms in total. The molecular weight excluding hydrogens is 356 g/mol. The third-order valence-electron chi connectivity index (χ3n) is 3.81. The van der Waals surface area contributed by atoms with Gasteiger partial charge in [-0.25, -0.2) is 9.78 Å². The zero-order chi connectivity index (χ0) is 20.7. The maximum Gasteiger partial charge on any atom is 0.412 e. The number of benzene rings is 1. The number of para-hydroxylation sites is 1.